The fourth-order valence-corrected chi connectivity index (χ4v) is 3.14. The van der Waals surface area contributed by atoms with E-state index in [9.17, 15) is 0 Å². The number of hydrogen-bond donors (Lipinski definition) is 1. The summed E-state index contributed by atoms with van der Waals surface area (Å²) in [6, 6.07) is 6.54. The van der Waals surface area contributed by atoms with Crippen molar-refractivity contribution in [3.63, 3.8) is 0 Å². The van der Waals surface area contributed by atoms with Crippen LogP contribution in [-0.4, -0.2) is 16.4 Å². The fourth-order valence-electron chi connectivity index (χ4n) is 2.80. The fraction of sp³-hybridized carbons (Fsp3) is 0.438. The molecule has 0 amide bonds. The van der Waals surface area contributed by atoms with Crippen LogP contribution >= 0.6 is 15.9 Å². The monoisotopic (exact) mass is 349 g/mol. The molecule has 0 radical (unpaired) electrons. The first-order valence-corrected chi connectivity index (χ1v) is 8.18. The molecule has 0 saturated carbocycles. The van der Waals surface area contributed by atoms with Gasteiger partial charge < -0.3 is 10.1 Å². The Hall–Kier alpha value is -1.49. The van der Waals surface area contributed by atoms with Crippen LogP contribution < -0.4 is 10.1 Å². The normalized spacial score (nSPS) is 17.8. The summed E-state index contributed by atoms with van der Waals surface area (Å²) in [6.45, 7) is 2.91. The Kier molecular flexibility index (Phi) is 4.19. The summed E-state index contributed by atoms with van der Waals surface area (Å²) in [5.74, 6) is 0.973. The summed E-state index contributed by atoms with van der Waals surface area (Å²) in [7, 11) is 1.96. The molecular weight excluding hydrogens is 330 g/mol. The highest BCUT2D eigenvalue weighted by Crippen LogP contribution is 2.36. The number of aryl methyl sites for hydroxylation is 2. The molecule has 5 heteroatoms. The Morgan fingerprint density at radius 1 is 1.48 bits per heavy atom. The van der Waals surface area contributed by atoms with Gasteiger partial charge in [0.1, 0.15) is 5.75 Å². The standard InChI is InChI=1S/C16H20BrN3O/c1-3-13-15(10-20(2)19-13)18-14-5-4-8-21-16-9-11(17)6-7-12(14)16/h6-7,9-10,14,18H,3-5,8H2,1-2H3. The van der Waals surface area contributed by atoms with Gasteiger partial charge in [0.2, 0.25) is 0 Å². The molecular formula is C16H20BrN3O. The SMILES string of the molecule is CCc1nn(C)cc1NC1CCCOc2cc(Br)ccc21. The van der Waals surface area contributed by atoms with Crippen molar-refractivity contribution < 1.29 is 4.74 Å². The maximum Gasteiger partial charge on any atom is 0.125 e. The van der Waals surface area contributed by atoms with Crippen molar-refractivity contribution in [3.8, 4) is 5.75 Å². The van der Waals surface area contributed by atoms with Crippen LogP contribution in [0, 0.1) is 0 Å². The summed E-state index contributed by atoms with van der Waals surface area (Å²) in [5, 5.41) is 8.16. The molecule has 4 nitrogen and oxygen atoms in total. The highest BCUT2D eigenvalue weighted by atomic mass is 79.9. The Morgan fingerprint density at radius 2 is 2.33 bits per heavy atom. The predicted octanol–water partition coefficient (Wildman–Crippen LogP) is 4.07. The van der Waals surface area contributed by atoms with Crippen LogP contribution in [0.5, 0.6) is 5.75 Å². The first-order chi connectivity index (χ1) is 10.2. The number of hydrogen-bond acceptors (Lipinski definition) is 3. The van der Waals surface area contributed by atoms with Crippen LogP contribution in [0.2, 0.25) is 0 Å². The van der Waals surface area contributed by atoms with Crippen molar-refractivity contribution in [1.29, 1.82) is 0 Å². The summed E-state index contributed by atoms with van der Waals surface area (Å²) in [5.41, 5.74) is 3.46. The number of aromatic nitrogens is 2. The number of anilines is 1. The first kappa shape index (κ1) is 14.4. The van der Waals surface area contributed by atoms with Crippen LogP contribution in [0.1, 0.15) is 37.1 Å². The third kappa shape index (κ3) is 3.07. The lowest BCUT2D eigenvalue weighted by Crippen LogP contribution is -2.11. The van der Waals surface area contributed by atoms with E-state index in [4.69, 9.17) is 4.74 Å². The van der Waals surface area contributed by atoms with E-state index < -0.39 is 0 Å². The highest BCUT2D eigenvalue weighted by molar-refractivity contribution is 9.10. The molecule has 1 aliphatic rings. The molecule has 1 N–H and O–H groups in total. The quantitative estimate of drug-likeness (QED) is 0.907. The second kappa shape index (κ2) is 6.10. The van der Waals surface area contributed by atoms with Crippen molar-refractivity contribution >= 4 is 21.6 Å². The number of benzene rings is 1. The predicted molar refractivity (Wildman–Crippen MR) is 87.8 cm³/mol. The summed E-state index contributed by atoms with van der Waals surface area (Å²) in [4.78, 5) is 0. The van der Waals surface area contributed by atoms with E-state index in [-0.39, 0.29) is 6.04 Å². The second-order valence-corrected chi connectivity index (χ2v) is 6.30. The molecule has 0 fully saturated rings. The third-order valence-electron chi connectivity index (χ3n) is 3.82. The van der Waals surface area contributed by atoms with E-state index in [2.05, 4.69) is 57.7 Å². The van der Waals surface area contributed by atoms with Crippen molar-refractivity contribution in [1.82, 2.24) is 9.78 Å². The van der Waals surface area contributed by atoms with Crippen LogP contribution in [0.15, 0.2) is 28.9 Å². The maximum absolute atomic E-state index is 5.87. The van der Waals surface area contributed by atoms with E-state index in [1.54, 1.807) is 0 Å². The molecule has 1 aliphatic heterocycles. The Balaban J connectivity index is 1.91. The van der Waals surface area contributed by atoms with E-state index in [0.717, 1.165) is 47.5 Å². The topological polar surface area (TPSA) is 39.1 Å². The number of nitrogens with one attached hydrogen (secondary N) is 1. The Bertz CT molecular complexity index is 638. The lowest BCUT2D eigenvalue weighted by molar-refractivity contribution is 0.316. The molecule has 0 aliphatic carbocycles. The molecule has 2 aromatic rings. The van der Waals surface area contributed by atoms with Gasteiger partial charge in [-0.1, -0.05) is 28.9 Å². The maximum atomic E-state index is 5.87. The van der Waals surface area contributed by atoms with Gasteiger partial charge in [-0.15, -0.1) is 0 Å². The van der Waals surface area contributed by atoms with Crippen molar-refractivity contribution in [3.05, 3.63) is 40.1 Å². The van der Waals surface area contributed by atoms with Crippen molar-refractivity contribution in [2.75, 3.05) is 11.9 Å². The lowest BCUT2D eigenvalue weighted by Gasteiger charge is -2.19. The third-order valence-corrected chi connectivity index (χ3v) is 4.31. The van der Waals surface area contributed by atoms with Crippen LogP contribution in [0.25, 0.3) is 0 Å². The van der Waals surface area contributed by atoms with Gasteiger partial charge in [0, 0.05) is 23.3 Å². The number of nitrogens with zero attached hydrogens (tertiary/aromatic N) is 2. The molecule has 1 aromatic heterocycles. The van der Waals surface area contributed by atoms with Gasteiger partial charge >= 0.3 is 0 Å². The number of rotatable bonds is 3. The van der Waals surface area contributed by atoms with Crippen molar-refractivity contribution in [2.24, 2.45) is 7.05 Å². The molecule has 112 valence electrons. The van der Waals surface area contributed by atoms with E-state index >= 15 is 0 Å². The molecule has 3 rings (SSSR count). The zero-order chi connectivity index (χ0) is 14.8. The second-order valence-electron chi connectivity index (χ2n) is 5.39. The first-order valence-electron chi connectivity index (χ1n) is 7.38. The van der Waals surface area contributed by atoms with E-state index in [1.807, 2.05) is 11.7 Å². The minimum atomic E-state index is 0.269. The largest absolute Gasteiger partial charge is 0.493 e. The average molecular weight is 350 g/mol. The van der Waals surface area contributed by atoms with Gasteiger partial charge in [-0.3, -0.25) is 4.68 Å². The van der Waals surface area contributed by atoms with Gasteiger partial charge in [0.25, 0.3) is 0 Å². The summed E-state index contributed by atoms with van der Waals surface area (Å²) >= 11 is 3.52. The molecule has 1 unspecified atom stereocenters. The van der Waals surface area contributed by atoms with E-state index in [0.29, 0.717) is 0 Å². The molecule has 0 saturated heterocycles. The Labute approximate surface area is 133 Å². The van der Waals surface area contributed by atoms with Crippen molar-refractivity contribution in [2.45, 2.75) is 32.2 Å². The van der Waals surface area contributed by atoms with Gasteiger partial charge in [-0.05, 0) is 31.4 Å². The minimum absolute atomic E-state index is 0.269. The number of ether oxygens (including phenoxy) is 1. The van der Waals surface area contributed by atoms with Crippen LogP contribution in [0.4, 0.5) is 5.69 Å². The smallest absolute Gasteiger partial charge is 0.125 e. The zero-order valence-electron chi connectivity index (χ0n) is 12.4. The van der Waals surface area contributed by atoms with Crippen LogP contribution in [-0.2, 0) is 13.5 Å². The Morgan fingerprint density at radius 3 is 3.14 bits per heavy atom. The van der Waals surface area contributed by atoms with Gasteiger partial charge in [-0.25, -0.2) is 0 Å². The van der Waals surface area contributed by atoms with Crippen LogP contribution in [0.3, 0.4) is 0 Å². The number of fused-ring (bicyclic) bond motifs is 1. The van der Waals surface area contributed by atoms with Gasteiger partial charge in [-0.2, -0.15) is 5.10 Å². The minimum Gasteiger partial charge on any atom is -0.493 e. The summed E-state index contributed by atoms with van der Waals surface area (Å²) < 4.78 is 8.79. The average Bonchev–Trinajstić information content (AvgIpc) is 2.70. The molecule has 2 heterocycles. The number of halogens is 1. The zero-order valence-corrected chi connectivity index (χ0v) is 14.0. The molecule has 1 aromatic carbocycles. The molecule has 0 bridgehead atoms. The summed E-state index contributed by atoms with van der Waals surface area (Å²) in [6.07, 6.45) is 5.10. The highest BCUT2D eigenvalue weighted by Gasteiger charge is 2.21. The molecule has 0 spiro atoms. The van der Waals surface area contributed by atoms with Gasteiger partial charge in [0.15, 0.2) is 0 Å². The molecule has 1 atom stereocenters. The molecule has 21 heavy (non-hydrogen) atoms. The van der Waals surface area contributed by atoms with Gasteiger partial charge in [0.05, 0.1) is 24.0 Å². The van der Waals surface area contributed by atoms with E-state index in [1.165, 1.54) is 5.56 Å². The lowest BCUT2D eigenvalue weighted by atomic mass is 10.0.